The van der Waals surface area contributed by atoms with E-state index in [2.05, 4.69) is 17.4 Å². The van der Waals surface area contributed by atoms with Crippen molar-refractivity contribution in [3.05, 3.63) is 29.8 Å². The molecule has 2 rings (SSSR count). The highest BCUT2D eigenvalue weighted by Crippen LogP contribution is 2.33. The van der Waals surface area contributed by atoms with E-state index >= 15 is 0 Å². The van der Waals surface area contributed by atoms with Crippen molar-refractivity contribution in [3.8, 4) is 5.75 Å². The topological polar surface area (TPSA) is 75.6 Å². The van der Waals surface area contributed by atoms with E-state index in [9.17, 15) is 9.59 Å². The fourth-order valence-electron chi connectivity index (χ4n) is 2.77. The quantitative estimate of drug-likeness (QED) is 0.847. The first kappa shape index (κ1) is 16.3. The number of amides is 1. The second kappa shape index (κ2) is 7.82. The SMILES string of the molecule is CC(NC(=O)COc1ccc(C2CCCCC2)cc1)C(=O)O. The summed E-state index contributed by atoms with van der Waals surface area (Å²) in [6.07, 6.45) is 6.42. The Morgan fingerprint density at radius 3 is 2.45 bits per heavy atom. The van der Waals surface area contributed by atoms with Gasteiger partial charge in [-0.2, -0.15) is 0 Å². The van der Waals surface area contributed by atoms with Gasteiger partial charge < -0.3 is 15.2 Å². The molecule has 1 aromatic rings. The molecule has 120 valence electrons. The van der Waals surface area contributed by atoms with E-state index in [1.54, 1.807) is 0 Å². The molecule has 5 heteroatoms. The molecule has 0 aromatic heterocycles. The summed E-state index contributed by atoms with van der Waals surface area (Å²) in [5.74, 6) is -0.239. The number of carboxylic acid groups (broad SMARTS) is 1. The molecule has 5 nitrogen and oxygen atoms in total. The van der Waals surface area contributed by atoms with Gasteiger partial charge in [-0.05, 0) is 43.4 Å². The zero-order valence-electron chi connectivity index (χ0n) is 12.9. The van der Waals surface area contributed by atoms with Gasteiger partial charge in [-0.15, -0.1) is 0 Å². The van der Waals surface area contributed by atoms with Gasteiger partial charge in [-0.1, -0.05) is 31.4 Å². The Bertz CT molecular complexity index is 506. The molecular weight excluding hydrogens is 282 g/mol. The van der Waals surface area contributed by atoms with Crippen LogP contribution in [0.1, 0.15) is 50.5 Å². The minimum Gasteiger partial charge on any atom is -0.484 e. The zero-order valence-corrected chi connectivity index (χ0v) is 12.9. The van der Waals surface area contributed by atoms with Gasteiger partial charge >= 0.3 is 5.97 Å². The Hall–Kier alpha value is -2.04. The highest BCUT2D eigenvalue weighted by atomic mass is 16.5. The van der Waals surface area contributed by atoms with Crippen molar-refractivity contribution in [2.45, 2.75) is 51.0 Å². The molecular formula is C17H23NO4. The minimum atomic E-state index is -1.06. The van der Waals surface area contributed by atoms with Crippen LogP contribution < -0.4 is 10.1 Å². The number of carbonyl (C=O) groups is 2. The normalized spacial score (nSPS) is 16.8. The van der Waals surface area contributed by atoms with E-state index in [0.29, 0.717) is 11.7 Å². The first-order chi connectivity index (χ1) is 10.6. The van der Waals surface area contributed by atoms with Gasteiger partial charge in [-0.3, -0.25) is 9.59 Å². The van der Waals surface area contributed by atoms with Crippen LogP contribution in [0.25, 0.3) is 0 Å². The van der Waals surface area contributed by atoms with Gasteiger partial charge in [0.25, 0.3) is 5.91 Å². The van der Waals surface area contributed by atoms with Crippen molar-refractivity contribution >= 4 is 11.9 Å². The third-order valence-corrected chi connectivity index (χ3v) is 4.07. The average Bonchev–Trinajstić information content (AvgIpc) is 2.54. The smallest absolute Gasteiger partial charge is 0.325 e. The maximum absolute atomic E-state index is 11.5. The number of ether oxygens (including phenoxy) is 1. The number of rotatable bonds is 6. The van der Waals surface area contributed by atoms with Crippen LogP contribution in [0.2, 0.25) is 0 Å². The van der Waals surface area contributed by atoms with Gasteiger partial charge in [0.2, 0.25) is 0 Å². The monoisotopic (exact) mass is 305 g/mol. The van der Waals surface area contributed by atoms with Gasteiger partial charge in [0.05, 0.1) is 0 Å². The molecule has 0 aliphatic heterocycles. The van der Waals surface area contributed by atoms with Crippen LogP contribution in [0.4, 0.5) is 0 Å². The largest absolute Gasteiger partial charge is 0.484 e. The first-order valence-electron chi connectivity index (χ1n) is 7.81. The van der Waals surface area contributed by atoms with E-state index in [1.807, 2.05) is 12.1 Å². The van der Waals surface area contributed by atoms with Crippen LogP contribution in [0.3, 0.4) is 0 Å². The second-order valence-corrected chi connectivity index (χ2v) is 5.82. The lowest BCUT2D eigenvalue weighted by Gasteiger charge is -2.22. The van der Waals surface area contributed by atoms with Gasteiger partial charge in [-0.25, -0.2) is 0 Å². The highest BCUT2D eigenvalue weighted by molar-refractivity contribution is 5.84. The summed E-state index contributed by atoms with van der Waals surface area (Å²) >= 11 is 0. The number of carboxylic acids is 1. The van der Waals surface area contributed by atoms with Crippen molar-refractivity contribution in [2.75, 3.05) is 6.61 Å². The number of aliphatic carboxylic acids is 1. The third-order valence-electron chi connectivity index (χ3n) is 4.07. The molecule has 1 unspecified atom stereocenters. The van der Waals surface area contributed by atoms with Crippen LogP contribution in [0, 0.1) is 0 Å². The van der Waals surface area contributed by atoms with E-state index in [0.717, 1.165) is 0 Å². The van der Waals surface area contributed by atoms with E-state index < -0.39 is 17.9 Å². The Kier molecular flexibility index (Phi) is 5.81. The van der Waals surface area contributed by atoms with E-state index in [1.165, 1.54) is 44.6 Å². The Labute approximate surface area is 130 Å². The number of nitrogens with one attached hydrogen (secondary N) is 1. The first-order valence-corrected chi connectivity index (χ1v) is 7.81. The molecule has 0 saturated heterocycles. The lowest BCUT2D eigenvalue weighted by molar-refractivity contribution is -0.141. The molecule has 1 fully saturated rings. The number of hydrogen-bond acceptors (Lipinski definition) is 3. The van der Waals surface area contributed by atoms with Gasteiger partial charge in [0, 0.05) is 0 Å². The summed E-state index contributed by atoms with van der Waals surface area (Å²) in [6, 6.07) is 6.95. The average molecular weight is 305 g/mol. The van der Waals surface area contributed by atoms with Gasteiger partial charge in [0.1, 0.15) is 11.8 Å². The second-order valence-electron chi connectivity index (χ2n) is 5.82. The Balaban J connectivity index is 1.81. The Morgan fingerprint density at radius 1 is 1.23 bits per heavy atom. The molecule has 1 aliphatic carbocycles. The van der Waals surface area contributed by atoms with Crippen molar-refractivity contribution in [1.29, 1.82) is 0 Å². The summed E-state index contributed by atoms with van der Waals surface area (Å²) in [7, 11) is 0. The summed E-state index contributed by atoms with van der Waals surface area (Å²) in [4.78, 5) is 22.2. The lowest BCUT2D eigenvalue weighted by Crippen LogP contribution is -2.40. The predicted octanol–water partition coefficient (Wildman–Crippen LogP) is 2.70. The maximum Gasteiger partial charge on any atom is 0.325 e. The molecule has 2 N–H and O–H groups in total. The standard InChI is InChI=1S/C17H23NO4/c1-12(17(20)21)18-16(19)11-22-15-9-7-14(8-10-15)13-5-3-2-4-6-13/h7-10,12-13H,2-6,11H2,1H3,(H,18,19)(H,20,21). The highest BCUT2D eigenvalue weighted by Gasteiger charge is 2.16. The van der Waals surface area contributed by atoms with Crippen molar-refractivity contribution < 1.29 is 19.4 Å². The molecule has 1 aromatic carbocycles. The van der Waals surface area contributed by atoms with E-state index in [4.69, 9.17) is 9.84 Å². The summed E-state index contributed by atoms with van der Waals surface area (Å²) in [6.45, 7) is 1.24. The van der Waals surface area contributed by atoms with Crippen molar-refractivity contribution in [1.82, 2.24) is 5.32 Å². The molecule has 0 bridgehead atoms. The van der Waals surface area contributed by atoms with Crippen LogP contribution >= 0.6 is 0 Å². The maximum atomic E-state index is 11.5. The molecule has 0 spiro atoms. The number of hydrogen-bond donors (Lipinski definition) is 2. The van der Waals surface area contributed by atoms with E-state index in [-0.39, 0.29) is 6.61 Å². The minimum absolute atomic E-state index is 0.180. The van der Waals surface area contributed by atoms with Crippen LogP contribution in [0.5, 0.6) is 5.75 Å². The third kappa shape index (κ3) is 4.76. The number of carbonyl (C=O) groups excluding carboxylic acids is 1. The molecule has 1 amide bonds. The summed E-state index contributed by atoms with van der Waals surface area (Å²) in [5, 5.41) is 11.1. The van der Waals surface area contributed by atoms with Gasteiger partial charge in [0.15, 0.2) is 6.61 Å². The van der Waals surface area contributed by atoms with Crippen LogP contribution in [0.15, 0.2) is 24.3 Å². The molecule has 0 radical (unpaired) electrons. The molecule has 0 heterocycles. The van der Waals surface area contributed by atoms with Crippen LogP contribution in [-0.2, 0) is 9.59 Å². The van der Waals surface area contributed by atoms with Crippen molar-refractivity contribution in [3.63, 3.8) is 0 Å². The molecule has 22 heavy (non-hydrogen) atoms. The van der Waals surface area contributed by atoms with Crippen molar-refractivity contribution in [2.24, 2.45) is 0 Å². The zero-order chi connectivity index (χ0) is 15.9. The number of benzene rings is 1. The molecule has 1 aliphatic rings. The molecule has 1 atom stereocenters. The Morgan fingerprint density at radius 2 is 1.86 bits per heavy atom. The molecule has 1 saturated carbocycles. The predicted molar refractivity (Wildman–Crippen MR) is 83.0 cm³/mol. The van der Waals surface area contributed by atoms with Crippen LogP contribution in [-0.4, -0.2) is 29.6 Å². The fourth-order valence-corrected chi connectivity index (χ4v) is 2.77. The summed E-state index contributed by atoms with van der Waals surface area (Å²) < 4.78 is 5.39. The summed E-state index contributed by atoms with van der Waals surface area (Å²) in [5.41, 5.74) is 1.33. The lowest BCUT2D eigenvalue weighted by atomic mass is 9.84. The fraction of sp³-hybridized carbons (Fsp3) is 0.529.